The van der Waals surface area contributed by atoms with E-state index in [1.165, 1.54) is 0 Å². The maximum Gasteiger partial charge on any atom is 0.272 e. The molecule has 5 heteroatoms. The van der Waals surface area contributed by atoms with Gasteiger partial charge in [0, 0.05) is 18.9 Å². The fourth-order valence-electron chi connectivity index (χ4n) is 1.56. The van der Waals surface area contributed by atoms with Crippen LogP contribution in [0.25, 0.3) is 0 Å². The van der Waals surface area contributed by atoms with E-state index < -0.39 is 0 Å². The van der Waals surface area contributed by atoms with E-state index in [1.807, 2.05) is 23.8 Å². The number of hydrogen-bond donors (Lipinski definition) is 1. The van der Waals surface area contributed by atoms with Gasteiger partial charge < -0.3 is 9.88 Å². The van der Waals surface area contributed by atoms with Crippen LogP contribution in [0.4, 0.5) is 5.69 Å². The van der Waals surface area contributed by atoms with Gasteiger partial charge in [-0.1, -0.05) is 0 Å². The Balaban J connectivity index is 2.20. The summed E-state index contributed by atoms with van der Waals surface area (Å²) in [5.74, 6) is -0.134. The molecule has 2 rings (SSSR count). The van der Waals surface area contributed by atoms with Crippen molar-refractivity contribution in [3.63, 3.8) is 0 Å². The van der Waals surface area contributed by atoms with Crippen LogP contribution in [-0.2, 0) is 6.54 Å². The Morgan fingerprint density at radius 3 is 3.00 bits per heavy atom. The summed E-state index contributed by atoms with van der Waals surface area (Å²) in [5.41, 5.74) is 1.31. The van der Waals surface area contributed by atoms with Crippen molar-refractivity contribution in [1.29, 1.82) is 0 Å². The summed E-state index contributed by atoms with van der Waals surface area (Å²) < 4.78 is 2.52. The molecule has 88 valence electrons. The van der Waals surface area contributed by atoms with E-state index in [2.05, 4.69) is 26.2 Å². The molecule has 0 unspecified atom stereocenters. The minimum Gasteiger partial charge on any atom is -0.344 e. The molecule has 1 N–H and O–H groups in total. The van der Waals surface area contributed by atoms with Crippen LogP contribution >= 0.6 is 15.9 Å². The Morgan fingerprint density at radius 1 is 1.47 bits per heavy atom. The summed E-state index contributed by atoms with van der Waals surface area (Å²) in [5, 5.41) is 2.82. The van der Waals surface area contributed by atoms with Gasteiger partial charge in [-0.05, 0) is 47.1 Å². The highest BCUT2D eigenvalue weighted by atomic mass is 79.9. The topological polar surface area (TPSA) is 46.9 Å². The quantitative estimate of drug-likeness (QED) is 0.885. The van der Waals surface area contributed by atoms with E-state index in [-0.39, 0.29) is 5.91 Å². The first-order chi connectivity index (χ1) is 8.22. The second-order valence-electron chi connectivity index (χ2n) is 3.48. The Hall–Kier alpha value is -1.62. The van der Waals surface area contributed by atoms with Crippen LogP contribution < -0.4 is 5.32 Å². The van der Waals surface area contributed by atoms with Gasteiger partial charge in [-0.25, -0.2) is 4.98 Å². The molecule has 0 aliphatic carbocycles. The summed E-state index contributed by atoms with van der Waals surface area (Å²) >= 11 is 3.29. The summed E-state index contributed by atoms with van der Waals surface area (Å²) in [6.45, 7) is 2.76. The second-order valence-corrected chi connectivity index (χ2v) is 4.23. The molecular weight excluding hydrogens is 282 g/mol. The van der Waals surface area contributed by atoms with E-state index in [0.717, 1.165) is 6.54 Å². The van der Waals surface area contributed by atoms with Gasteiger partial charge >= 0.3 is 0 Å². The van der Waals surface area contributed by atoms with E-state index in [1.54, 1.807) is 24.4 Å². The number of pyridine rings is 1. The molecular formula is C12H12BrN3O. The Bertz CT molecular complexity index is 536. The largest absolute Gasteiger partial charge is 0.344 e. The van der Waals surface area contributed by atoms with Crippen LogP contribution in [0.15, 0.2) is 41.3 Å². The normalized spacial score (nSPS) is 10.2. The summed E-state index contributed by atoms with van der Waals surface area (Å²) in [4.78, 5) is 16.1. The standard InChI is InChI=1S/C12H12BrN3O/c1-2-16-8-4-6-10(16)12(17)15-9-5-3-7-14-11(9)13/h3-8H,2H2,1H3,(H,15,17). The van der Waals surface area contributed by atoms with Crippen LogP contribution in [0.2, 0.25) is 0 Å². The highest BCUT2D eigenvalue weighted by Gasteiger charge is 2.11. The van der Waals surface area contributed by atoms with Crippen LogP contribution in [0.1, 0.15) is 17.4 Å². The maximum atomic E-state index is 12.0. The number of aryl methyl sites for hydroxylation is 1. The second kappa shape index (κ2) is 5.14. The molecule has 2 aromatic rings. The van der Waals surface area contributed by atoms with Gasteiger partial charge in [0.05, 0.1) is 5.69 Å². The first kappa shape index (κ1) is 11.9. The lowest BCUT2D eigenvalue weighted by Crippen LogP contribution is -2.16. The lowest BCUT2D eigenvalue weighted by molar-refractivity contribution is 0.101. The summed E-state index contributed by atoms with van der Waals surface area (Å²) in [7, 11) is 0. The van der Waals surface area contributed by atoms with Crippen LogP contribution in [-0.4, -0.2) is 15.5 Å². The zero-order valence-corrected chi connectivity index (χ0v) is 10.9. The predicted molar refractivity (Wildman–Crippen MR) is 70.0 cm³/mol. The molecule has 0 aliphatic rings. The first-order valence-electron chi connectivity index (χ1n) is 5.29. The zero-order chi connectivity index (χ0) is 12.3. The number of rotatable bonds is 3. The number of amides is 1. The number of hydrogen-bond acceptors (Lipinski definition) is 2. The van der Waals surface area contributed by atoms with Crippen molar-refractivity contribution in [2.45, 2.75) is 13.5 Å². The maximum absolute atomic E-state index is 12.0. The molecule has 0 saturated heterocycles. The van der Waals surface area contributed by atoms with Gasteiger partial charge in [-0.15, -0.1) is 0 Å². The van der Waals surface area contributed by atoms with E-state index in [0.29, 0.717) is 16.0 Å². The molecule has 0 aliphatic heterocycles. The van der Waals surface area contributed by atoms with Crippen molar-refractivity contribution >= 4 is 27.5 Å². The van der Waals surface area contributed by atoms with Crippen LogP contribution in [0, 0.1) is 0 Å². The van der Waals surface area contributed by atoms with Crippen molar-refractivity contribution in [2.24, 2.45) is 0 Å². The van der Waals surface area contributed by atoms with Crippen molar-refractivity contribution in [3.05, 3.63) is 47.0 Å². The highest BCUT2D eigenvalue weighted by Crippen LogP contribution is 2.19. The molecule has 0 atom stereocenters. The van der Waals surface area contributed by atoms with E-state index in [4.69, 9.17) is 0 Å². The first-order valence-corrected chi connectivity index (χ1v) is 6.08. The number of carbonyl (C=O) groups is 1. The SMILES string of the molecule is CCn1cccc1C(=O)Nc1cccnc1Br. The number of nitrogens with zero attached hydrogens (tertiary/aromatic N) is 2. The third kappa shape index (κ3) is 2.55. The molecule has 0 radical (unpaired) electrons. The Kier molecular flexibility index (Phi) is 3.58. The minimum absolute atomic E-state index is 0.134. The number of nitrogens with one attached hydrogen (secondary N) is 1. The molecule has 17 heavy (non-hydrogen) atoms. The minimum atomic E-state index is -0.134. The summed E-state index contributed by atoms with van der Waals surface area (Å²) in [6, 6.07) is 7.23. The lowest BCUT2D eigenvalue weighted by atomic mass is 10.3. The number of anilines is 1. The van der Waals surface area contributed by atoms with Crippen molar-refractivity contribution in [1.82, 2.24) is 9.55 Å². The number of carbonyl (C=O) groups excluding carboxylic acids is 1. The highest BCUT2D eigenvalue weighted by molar-refractivity contribution is 9.10. The fraction of sp³-hybridized carbons (Fsp3) is 0.167. The molecule has 2 heterocycles. The number of aromatic nitrogens is 2. The molecule has 0 aromatic carbocycles. The van der Waals surface area contributed by atoms with Gasteiger partial charge in [0.15, 0.2) is 0 Å². The molecule has 1 amide bonds. The average molecular weight is 294 g/mol. The van der Waals surface area contributed by atoms with Gasteiger partial charge in [-0.3, -0.25) is 4.79 Å². The number of halogens is 1. The van der Waals surface area contributed by atoms with Gasteiger partial charge in [0.2, 0.25) is 0 Å². The Morgan fingerprint density at radius 2 is 2.29 bits per heavy atom. The molecule has 2 aromatic heterocycles. The molecule has 0 fully saturated rings. The fourth-order valence-corrected chi connectivity index (χ4v) is 1.91. The Labute approximate surface area is 108 Å². The third-order valence-corrected chi connectivity index (χ3v) is 3.04. The van der Waals surface area contributed by atoms with Crippen molar-refractivity contribution in [3.8, 4) is 0 Å². The predicted octanol–water partition coefficient (Wildman–Crippen LogP) is 2.92. The van der Waals surface area contributed by atoms with E-state index >= 15 is 0 Å². The monoisotopic (exact) mass is 293 g/mol. The van der Waals surface area contributed by atoms with E-state index in [9.17, 15) is 4.79 Å². The van der Waals surface area contributed by atoms with Crippen molar-refractivity contribution < 1.29 is 4.79 Å². The van der Waals surface area contributed by atoms with Gasteiger partial charge in [0.1, 0.15) is 10.3 Å². The van der Waals surface area contributed by atoms with Crippen molar-refractivity contribution in [2.75, 3.05) is 5.32 Å². The summed E-state index contributed by atoms with van der Waals surface area (Å²) in [6.07, 6.45) is 3.54. The average Bonchev–Trinajstić information content (AvgIpc) is 2.80. The lowest BCUT2D eigenvalue weighted by Gasteiger charge is -2.08. The third-order valence-electron chi connectivity index (χ3n) is 2.41. The molecule has 0 saturated carbocycles. The van der Waals surface area contributed by atoms with Gasteiger partial charge in [-0.2, -0.15) is 0 Å². The van der Waals surface area contributed by atoms with Gasteiger partial charge in [0.25, 0.3) is 5.91 Å². The molecule has 4 nitrogen and oxygen atoms in total. The molecule has 0 bridgehead atoms. The zero-order valence-electron chi connectivity index (χ0n) is 9.35. The molecule has 0 spiro atoms. The smallest absolute Gasteiger partial charge is 0.272 e. The van der Waals surface area contributed by atoms with Crippen LogP contribution in [0.3, 0.4) is 0 Å². The van der Waals surface area contributed by atoms with Crippen LogP contribution in [0.5, 0.6) is 0 Å².